The Bertz CT molecular complexity index is 1170. The van der Waals surface area contributed by atoms with E-state index < -0.39 is 6.10 Å². The number of hydrogen-bond acceptors (Lipinski definition) is 6. The van der Waals surface area contributed by atoms with E-state index in [4.69, 9.17) is 14.2 Å². The minimum atomic E-state index is -0.775. The van der Waals surface area contributed by atoms with Crippen LogP contribution in [0.3, 0.4) is 0 Å². The Morgan fingerprint density at radius 3 is 0.829 bits per heavy atom. The molecule has 1 atom stereocenters. The summed E-state index contributed by atoms with van der Waals surface area (Å²) in [7, 11) is 0. The van der Waals surface area contributed by atoms with Crippen LogP contribution in [0.2, 0.25) is 0 Å². The molecule has 0 radical (unpaired) electrons. The molecule has 0 amide bonds. The molecule has 0 aliphatic heterocycles. The van der Waals surface area contributed by atoms with Crippen LogP contribution in [0.4, 0.5) is 0 Å². The van der Waals surface area contributed by atoms with E-state index in [0.717, 1.165) is 70.6 Å². The Kier molecular flexibility index (Phi) is 57.2. The lowest BCUT2D eigenvalue weighted by Crippen LogP contribution is -2.30. The monoisotopic (exact) mass is 983 g/mol. The molecule has 0 aliphatic rings. The van der Waals surface area contributed by atoms with Crippen molar-refractivity contribution in [2.24, 2.45) is 0 Å². The van der Waals surface area contributed by atoms with E-state index in [2.05, 4.69) is 57.2 Å². The van der Waals surface area contributed by atoms with Crippen molar-refractivity contribution < 1.29 is 28.6 Å². The lowest BCUT2D eigenvalue weighted by Gasteiger charge is -2.18. The van der Waals surface area contributed by atoms with Crippen molar-refractivity contribution in [1.82, 2.24) is 0 Å². The highest BCUT2D eigenvalue weighted by atomic mass is 16.6. The van der Waals surface area contributed by atoms with Gasteiger partial charge in [-0.1, -0.05) is 276 Å². The number of allylic oxidation sites excluding steroid dienone is 6. The van der Waals surface area contributed by atoms with Crippen molar-refractivity contribution in [2.45, 2.75) is 341 Å². The van der Waals surface area contributed by atoms with Crippen LogP contribution in [0.25, 0.3) is 0 Å². The first-order valence-corrected chi connectivity index (χ1v) is 31.0. The van der Waals surface area contributed by atoms with Crippen LogP contribution in [0.15, 0.2) is 36.5 Å². The van der Waals surface area contributed by atoms with Crippen molar-refractivity contribution in [3.63, 3.8) is 0 Å². The van der Waals surface area contributed by atoms with Gasteiger partial charge in [-0.25, -0.2) is 0 Å². The molecule has 6 heteroatoms. The zero-order valence-electron chi connectivity index (χ0n) is 47.1. The summed E-state index contributed by atoms with van der Waals surface area (Å²) in [6.07, 6.45) is 71.3. The van der Waals surface area contributed by atoms with Gasteiger partial charge in [0.2, 0.25) is 0 Å². The molecule has 70 heavy (non-hydrogen) atoms. The molecular weight excluding hydrogens is 865 g/mol. The zero-order valence-corrected chi connectivity index (χ0v) is 47.1. The highest BCUT2D eigenvalue weighted by Gasteiger charge is 2.19. The van der Waals surface area contributed by atoms with E-state index >= 15 is 0 Å². The zero-order chi connectivity index (χ0) is 50.7. The third-order valence-corrected chi connectivity index (χ3v) is 13.9. The molecule has 0 spiro atoms. The second-order valence-corrected chi connectivity index (χ2v) is 21.0. The van der Waals surface area contributed by atoms with Gasteiger partial charge < -0.3 is 14.2 Å². The molecule has 0 aromatic carbocycles. The van der Waals surface area contributed by atoms with Gasteiger partial charge in [-0.15, -0.1) is 0 Å². The van der Waals surface area contributed by atoms with Crippen LogP contribution >= 0.6 is 0 Å². The normalized spacial score (nSPS) is 12.2. The topological polar surface area (TPSA) is 78.9 Å². The van der Waals surface area contributed by atoms with Gasteiger partial charge in [0.15, 0.2) is 6.10 Å². The Morgan fingerprint density at radius 1 is 0.286 bits per heavy atom. The summed E-state index contributed by atoms with van der Waals surface area (Å²) >= 11 is 0. The van der Waals surface area contributed by atoms with Gasteiger partial charge in [-0.3, -0.25) is 14.4 Å². The molecule has 0 saturated carbocycles. The standard InChI is InChI=1S/C64H118O6/c1-4-7-10-13-16-19-22-25-28-31-32-34-36-39-42-45-48-51-54-57-63(66)69-60-61(59-68-62(65)56-53-50-47-44-41-38-35-30-27-24-21-18-15-12-9-6-3)70-64(67)58-55-52-49-46-43-40-37-33-29-26-23-20-17-14-11-8-5-2/h17,20,25-26,28-29,61H,4-16,18-19,21-24,27,30-60H2,1-3H3/b20-17+,28-25+,29-26+/t61-/m1/s1. The van der Waals surface area contributed by atoms with Gasteiger partial charge in [-0.2, -0.15) is 0 Å². The average molecular weight is 984 g/mol. The second kappa shape index (κ2) is 59.2. The molecule has 0 heterocycles. The molecule has 0 aromatic heterocycles. The highest BCUT2D eigenvalue weighted by Crippen LogP contribution is 2.17. The maximum absolute atomic E-state index is 12.9. The first kappa shape index (κ1) is 67.6. The summed E-state index contributed by atoms with van der Waals surface area (Å²) in [6, 6.07) is 0. The fraction of sp³-hybridized carbons (Fsp3) is 0.859. The molecule has 0 bridgehead atoms. The number of carbonyl (C=O) groups excluding carboxylic acids is 3. The maximum atomic E-state index is 12.9. The molecule has 0 rings (SSSR count). The SMILES string of the molecule is CCCCC/C=C/C/C=C/CCCCCCCCCC(=O)O[C@@H](COC(=O)CCCCCCCCCCC/C=C/CCCCCCCC)COC(=O)CCCCCCCCCCCCCCCCCC. The van der Waals surface area contributed by atoms with Crippen molar-refractivity contribution in [3.05, 3.63) is 36.5 Å². The van der Waals surface area contributed by atoms with E-state index in [9.17, 15) is 14.4 Å². The lowest BCUT2D eigenvalue weighted by atomic mass is 10.0. The predicted octanol–water partition coefficient (Wildman–Crippen LogP) is 20.8. The van der Waals surface area contributed by atoms with Crippen LogP contribution in [0, 0.1) is 0 Å². The third-order valence-electron chi connectivity index (χ3n) is 13.9. The van der Waals surface area contributed by atoms with Crippen LogP contribution in [-0.2, 0) is 28.6 Å². The molecule has 410 valence electrons. The largest absolute Gasteiger partial charge is 0.462 e. The minimum Gasteiger partial charge on any atom is -0.462 e. The van der Waals surface area contributed by atoms with E-state index in [1.54, 1.807) is 0 Å². The molecular formula is C64H118O6. The molecule has 6 nitrogen and oxygen atoms in total. The smallest absolute Gasteiger partial charge is 0.306 e. The first-order valence-electron chi connectivity index (χ1n) is 31.0. The Labute approximate surface area is 435 Å². The molecule has 0 unspecified atom stereocenters. The van der Waals surface area contributed by atoms with Gasteiger partial charge >= 0.3 is 17.9 Å². The van der Waals surface area contributed by atoms with Crippen molar-refractivity contribution in [1.29, 1.82) is 0 Å². The summed E-state index contributed by atoms with van der Waals surface area (Å²) < 4.78 is 16.9. The van der Waals surface area contributed by atoms with Crippen LogP contribution in [-0.4, -0.2) is 37.2 Å². The van der Waals surface area contributed by atoms with Gasteiger partial charge in [0.1, 0.15) is 13.2 Å². The Morgan fingerprint density at radius 2 is 0.514 bits per heavy atom. The van der Waals surface area contributed by atoms with Crippen molar-refractivity contribution in [2.75, 3.05) is 13.2 Å². The van der Waals surface area contributed by atoms with E-state index in [-0.39, 0.29) is 31.1 Å². The van der Waals surface area contributed by atoms with E-state index in [0.29, 0.717) is 19.3 Å². The van der Waals surface area contributed by atoms with Crippen LogP contribution in [0.5, 0.6) is 0 Å². The van der Waals surface area contributed by atoms with E-state index in [1.165, 1.54) is 225 Å². The van der Waals surface area contributed by atoms with Crippen molar-refractivity contribution >= 4 is 17.9 Å². The molecule has 0 N–H and O–H groups in total. The highest BCUT2D eigenvalue weighted by molar-refractivity contribution is 5.71. The van der Waals surface area contributed by atoms with Gasteiger partial charge in [0.05, 0.1) is 0 Å². The third kappa shape index (κ3) is 56.5. The van der Waals surface area contributed by atoms with Gasteiger partial charge in [-0.05, 0) is 77.0 Å². The molecule has 0 fully saturated rings. The minimum absolute atomic E-state index is 0.0718. The number of carbonyl (C=O) groups is 3. The van der Waals surface area contributed by atoms with Gasteiger partial charge in [0.25, 0.3) is 0 Å². The fourth-order valence-corrected chi connectivity index (χ4v) is 9.18. The maximum Gasteiger partial charge on any atom is 0.306 e. The number of rotatable bonds is 57. The summed E-state index contributed by atoms with van der Waals surface area (Å²) in [5.41, 5.74) is 0. The van der Waals surface area contributed by atoms with Crippen LogP contribution in [0.1, 0.15) is 335 Å². The number of ether oxygens (including phenoxy) is 3. The van der Waals surface area contributed by atoms with Gasteiger partial charge in [0, 0.05) is 19.3 Å². The lowest BCUT2D eigenvalue weighted by molar-refractivity contribution is -0.167. The molecule has 0 aromatic rings. The average Bonchev–Trinajstić information content (AvgIpc) is 3.36. The molecule has 0 saturated heterocycles. The summed E-state index contributed by atoms with van der Waals surface area (Å²) in [4.78, 5) is 38.3. The van der Waals surface area contributed by atoms with Crippen molar-refractivity contribution in [3.8, 4) is 0 Å². The predicted molar refractivity (Wildman–Crippen MR) is 302 cm³/mol. The number of unbranched alkanes of at least 4 members (excludes halogenated alkanes) is 40. The van der Waals surface area contributed by atoms with Crippen LogP contribution < -0.4 is 0 Å². The number of esters is 3. The van der Waals surface area contributed by atoms with E-state index in [1.807, 2.05) is 0 Å². The summed E-state index contributed by atoms with van der Waals surface area (Å²) in [5.74, 6) is -0.860. The fourth-order valence-electron chi connectivity index (χ4n) is 9.18. The second-order valence-electron chi connectivity index (χ2n) is 21.0. The number of hydrogen-bond donors (Lipinski definition) is 0. The first-order chi connectivity index (χ1) is 34.5. The Hall–Kier alpha value is -2.37. The quantitative estimate of drug-likeness (QED) is 0.0261. The Balaban J connectivity index is 4.34. The summed E-state index contributed by atoms with van der Waals surface area (Å²) in [5, 5.41) is 0. The summed E-state index contributed by atoms with van der Waals surface area (Å²) in [6.45, 7) is 6.66. The molecule has 0 aliphatic carbocycles.